The number of imidazole rings is 1. The number of fused-ring (bicyclic) bond motifs is 1. The van der Waals surface area contributed by atoms with Crippen LogP contribution in [0, 0.1) is 11.6 Å². The van der Waals surface area contributed by atoms with Crippen LogP contribution in [0.4, 0.5) is 14.5 Å². The van der Waals surface area contributed by atoms with Crippen molar-refractivity contribution in [1.82, 2.24) is 14.3 Å². The first-order valence-electron chi connectivity index (χ1n) is 8.88. The number of anilines is 1. The number of benzene rings is 2. The number of carbonyl (C=O) groups excluding carboxylic acids is 2. The molecule has 0 aliphatic carbocycles. The Morgan fingerprint density at radius 1 is 1.10 bits per heavy atom. The lowest BCUT2D eigenvalue weighted by Crippen LogP contribution is -2.22. The Hall–Kier alpha value is -3.59. The van der Waals surface area contributed by atoms with Crippen molar-refractivity contribution >= 4 is 33.8 Å². The minimum absolute atomic E-state index is 0.00801. The molecule has 0 saturated carbocycles. The molecule has 0 saturated heterocycles. The van der Waals surface area contributed by atoms with Crippen molar-refractivity contribution in [2.45, 2.75) is 0 Å². The Morgan fingerprint density at radius 2 is 1.90 bits per heavy atom. The van der Waals surface area contributed by atoms with Crippen LogP contribution in [0.5, 0.6) is 0 Å². The third kappa shape index (κ3) is 3.67. The standard InChI is InChI=1S/C21H16F2N4O2S/c1-26(2)20(29)18-11-30-21-25-17(10-27(18)21)12-4-3-5-14(8-12)24-19(28)13-6-7-15(22)16(23)9-13/h3-11H,1-2H3,(H,24,28). The number of carbonyl (C=O) groups is 2. The number of hydrogen-bond acceptors (Lipinski definition) is 4. The van der Waals surface area contributed by atoms with Crippen LogP contribution in [-0.4, -0.2) is 40.2 Å². The fourth-order valence-corrected chi connectivity index (χ4v) is 3.75. The maximum atomic E-state index is 13.4. The van der Waals surface area contributed by atoms with E-state index in [4.69, 9.17) is 0 Å². The highest BCUT2D eigenvalue weighted by Gasteiger charge is 2.17. The van der Waals surface area contributed by atoms with Crippen molar-refractivity contribution in [2.24, 2.45) is 0 Å². The summed E-state index contributed by atoms with van der Waals surface area (Å²) in [4.78, 5) is 31.4. The average Bonchev–Trinajstić information content (AvgIpc) is 3.30. The van der Waals surface area contributed by atoms with Crippen molar-refractivity contribution in [3.05, 3.63) is 76.9 Å². The van der Waals surface area contributed by atoms with Gasteiger partial charge in [-0.05, 0) is 30.3 Å². The molecule has 6 nitrogen and oxygen atoms in total. The summed E-state index contributed by atoms with van der Waals surface area (Å²) in [5.41, 5.74) is 2.37. The summed E-state index contributed by atoms with van der Waals surface area (Å²) in [5.74, 6) is -2.79. The number of aromatic nitrogens is 2. The number of halogens is 2. The molecule has 1 N–H and O–H groups in total. The number of hydrogen-bond donors (Lipinski definition) is 1. The number of nitrogens with zero attached hydrogens (tertiary/aromatic N) is 3. The minimum atomic E-state index is -1.09. The summed E-state index contributed by atoms with van der Waals surface area (Å²) < 4.78 is 28.2. The Labute approximate surface area is 174 Å². The van der Waals surface area contributed by atoms with Crippen molar-refractivity contribution in [2.75, 3.05) is 19.4 Å². The van der Waals surface area contributed by atoms with E-state index in [-0.39, 0.29) is 11.5 Å². The minimum Gasteiger partial charge on any atom is -0.343 e. The third-order valence-corrected chi connectivity index (χ3v) is 5.27. The molecule has 2 aromatic heterocycles. The highest BCUT2D eigenvalue weighted by molar-refractivity contribution is 7.15. The molecule has 0 spiro atoms. The molecule has 0 aliphatic heterocycles. The zero-order valence-electron chi connectivity index (χ0n) is 16.0. The number of rotatable bonds is 4. The van der Waals surface area contributed by atoms with Gasteiger partial charge in [0.05, 0.1) is 5.69 Å². The van der Waals surface area contributed by atoms with E-state index in [2.05, 4.69) is 10.3 Å². The van der Waals surface area contributed by atoms with Crippen LogP contribution in [-0.2, 0) is 0 Å². The molecule has 0 unspecified atom stereocenters. The normalized spacial score (nSPS) is 10.9. The van der Waals surface area contributed by atoms with Crippen LogP contribution >= 0.6 is 11.3 Å². The summed E-state index contributed by atoms with van der Waals surface area (Å²) in [6.07, 6.45) is 1.76. The van der Waals surface area contributed by atoms with Gasteiger partial charge in [0, 0.05) is 42.5 Å². The molecule has 0 atom stereocenters. The largest absolute Gasteiger partial charge is 0.343 e. The van der Waals surface area contributed by atoms with Crippen LogP contribution in [0.15, 0.2) is 54.0 Å². The van der Waals surface area contributed by atoms with Gasteiger partial charge in [-0.3, -0.25) is 14.0 Å². The first kappa shape index (κ1) is 19.7. The fourth-order valence-electron chi connectivity index (χ4n) is 2.90. The first-order chi connectivity index (χ1) is 14.3. The van der Waals surface area contributed by atoms with Crippen LogP contribution < -0.4 is 5.32 Å². The van der Waals surface area contributed by atoms with Gasteiger partial charge < -0.3 is 10.2 Å². The summed E-state index contributed by atoms with van der Waals surface area (Å²) in [5, 5.41) is 4.42. The van der Waals surface area contributed by atoms with E-state index in [1.165, 1.54) is 22.3 Å². The predicted octanol–water partition coefficient (Wildman–Crippen LogP) is 4.30. The molecular formula is C21H16F2N4O2S. The van der Waals surface area contributed by atoms with Gasteiger partial charge in [0.15, 0.2) is 16.6 Å². The van der Waals surface area contributed by atoms with Gasteiger partial charge in [-0.1, -0.05) is 12.1 Å². The molecule has 2 heterocycles. The molecule has 4 rings (SSSR count). The molecule has 2 amide bonds. The second kappa shape index (κ2) is 7.68. The van der Waals surface area contributed by atoms with Crippen molar-refractivity contribution in [3.8, 4) is 11.3 Å². The van der Waals surface area contributed by atoms with Crippen LogP contribution in [0.25, 0.3) is 16.2 Å². The van der Waals surface area contributed by atoms with Crippen LogP contribution in [0.3, 0.4) is 0 Å². The van der Waals surface area contributed by atoms with E-state index in [1.54, 1.807) is 48.3 Å². The Kier molecular flexibility index (Phi) is 5.04. The van der Waals surface area contributed by atoms with Crippen molar-refractivity contribution in [3.63, 3.8) is 0 Å². The van der Waals surface area contributed by atoms with Gasteiger partial charge in [-0.2, -0.15) is 0 Å². The fraction of sp³-hybridized carbons (Fsp3) is 0.0952. The lowest BCUT2D eigenvalue weighted by Gasteiger charge is -2.08. The molecule has 9 heteroatoms. The average molecular weight is 426 g/mol. The van der Waals surface area contributed by atoms with E-state index < -0.39 is 17.5 Å². The van der Waals surface area contributed by atoms with Crippen LogP contribution in [0.1, 0.15) is 20.8 Å². The smallest absolute Gasteiger partial charge is 0.271 e. The second-order valence-electron chi connectivity index (χ2n) is 6.76. The lowest BCUT2D eigenvalue weighted by molar-refractivity contribution is 0.0821. The first-order valence-corrected chi connectivity index (χ1v) is 9.76. The molecule has 0 fully saturated rings. The second-order valence-corrected chi connectivity index (χ2v) is 7.60. The molecule has 0 radical (unpaired) electrons. The topological polar surface area (TPSA) is 66.7 Å². The predicted molar refractivity (Wildman–Crippen MR) is 111 cm³/mol. The monoisotopic (exact) mass is 426 g/mol. The molecule has 30 heavy (non-hydrogen) atoms. The summed E-state index contributed by atoms with van der Waals surface area (Å²) in [7, 11) is 3.37. The maximum Gasteiger partial charge on any atom is 0.271 e. The van der Waals surface area contributed by atoms with E-state index >= 15 is 0 Å². The van der Waals surface area contributed by atoms with Crippen molar-refractivity contribution < 1.29 is 18.4 Å². The van der Waals surface area contributed by atoms with E-state index in [0.29, 0.717) is 22.0 Å². The van der Waals surface area contributed by atoms with Gasteiger partial charge in [0.1, 0.15) is 5.69 Å². The summed E-state index contributed by atoms with van der Waals surface area (Å²) >= 11 is 1.36. The van der Waals surface area contributed by atoms with Crippen LogP contribution in [0.2, 0.25) is 0 Å². The number of thiazole rings is 1. The maximum absolute atomic E-state index is 13.4. The molecular weight excluding hydrogens is 410 g/mol. The van der Waals surface area contributed by atoms with Gasteiger partial charge in [0.2, 0.25) is 0 Å². The van der Waals surface area contributed by atoms with Crippen molar-refractivity contribution in [1.29, 1.82) is 0 Å². The number of nitrogens with one attached hydrogen (secondary N) is 1. The zero-order chi connectivity index (χ0) is 21.4. The Morgan fingerprint density at radius 3 is 2.63 bits per heavy atom. The van der Waals surface area contributed by atoms with E-state index in [1.807, 2.05) is 6.07 Å². The molecule has 0 aliphatic rings. The Balaban J connectivity index is 1.61. The Bertz CT molecular complexity index is 1280. The number of amides is 2. The summed E-state index contributed by atoms with van der Waals surface area (Å²) in [6, 6.07) is 9.94. The van der Waals surface area contributed by atoms with Gasteiger partial charge >= 0.3 is 0 Å². The van der Waals surface area contributed by atoms with Gasteiger partial charge in [0.25, 0.3) is 11.8 Å². The van der Waals surface area contributed by atoms with E-state index in [9.17, 15) is 18.4 Å². The SMILES string of the molecule is CN(C)C(=O)c1csc2nc(-c3cccc(NC(=O)c4ccc(F)c(F)c4)c3)cn12. The summed E-state index contributed by atoms with van der Waals surface area (Å²) in [6.45, 7) is 0. The molecule has 152 valence electrons. The lowest BCUT2D eigenvalue weighted by atomic mass is 10.1. The zero-order valence-corrected chi connectivity index (χ0v) is 16.8. The quantitative estimate of drug-likeness (QED) is 0.529. The third-order valence-electron chi connectivity index (χ3n) is 4.43. The molecule has 4 aromatic rings. The molecule has 2 aromatic carbocycles. The highest BCUT2D eigenvalue weighted by atomic mass is 32.1. The molecule has 0 bridgehead atoms. The highest BCUT2D eigenvalue weighted by Crippen LogP contribution is 2.26. The van der Waals surface area contributed by atoms with Gasteiger partial charge in [-0.15, -0.1) is 11.3 Å². The van der Waals surface area contributed by atoms with E-state index in [0.717, 1.165) is 17.7 Å². The van der Waals surface area contributed by atoms with Gasteiger partial charge in [-0.25, -0.2) is 13.8 Å².